The fraction of sp³-hybridized carbons (Fsp3) is 0.364. The third-order valence-corrected chi connectivity index (χ3v) is 5.06. The minimum Gasteiger partial charge on any atom is -0.379 e. The van der Waals surface area contributed by atoms with Gasteiger partial charge in [0.1, 0.15) is 0 Å². The normalized spacial score (nSPS) is 15.1. The van der Waals surface area contributed by atoms with Crippen molar-refractivity contribution in [1.29, 1.82) is 0 Å². The van der Waals surface area contributed by atoms with Gasteiger partial charge in [-0.15, -0.1) is 0 Å². The zero-order chi connectivity index (χ0) is 21.5. The Hall–Kier alpha value is -2.84. The number of amides is 1. The third kappa shape index (κ3) is 5.84. The van der Waals surface area contributed by atoms with Crippen LogP contribution in [-0.2, 0) is 4.74 Å². The van der Waals surface area contributed by atoms with E-state index in [2.05, 4.69) is 20.5 Å². The van der Waals surface area contributed by atoms with Crippen molar-refractivity contribution in [2.75, 3.05) is 44.7 Å². The second kappa shape index (κ2) is 10.3. The van der Waals surface area contributed by atoms with Crippen molar-refractivity contribution in [3.63, 3.8) is 0 Å². The van der Waals surface area contributed by atoms with Gasteiger partial charge >= 0.3 is 0 Å². The van der Waals surface area contributed by atoms with Gasteiger partial charge in [0.15, 0.2) is 11.6 Å². The molecular formula is C22H26F2N4O2. The third-order valence-electron chi connectivity index (χ3n) is 5.06. The van der Waals surface area contributed by atoms with Gasteiger partial charge in [0.2, 0.25) is 5.96 Å². The lowest BCUT2D eigenvalue weighted by molar-refractivity contribution is 0.0394. The summed E-state index contributed by atoms with van der Waals surface area (Å²) in [5.41, 5.74) is 2.95. The number of ether oxygens (including phenoxy) is 1. The molecule has 1 fully saturated rings. The molecule has 0 saturated carbocycles. The predicted molar refractivity (Wildman–Crippen MR) is 113 cm³/mol. The number of carbonyl (C=O) groups excluding carboxylic acids is 1. The number of benzene rings is 2. The van der Waals surface area contributed by atoms with E-state index < -0.39 is 17.5 Å². The van der Waals surface area contributed by atoms with Gasteiger partial charge in [0.05, 0.1) is 19.8 Å². The molecule has 0 bridgehead atoms. The summed E-state index contributed by atoms with van der Waals surface area (Å²) in [6.07, 6.45) is 0. The number of aliphatic imine (C=N–C) groups is 1. The van der Waals surface area contributed by atoms with E-state index in [1.807, 2.05) is 32.0 Å². The van der Waals surface area contributed by atoms with Crippen LogP contribution in [0.5, 0.6) is 0 Å². The monoisotopic (exact) mass is 416 g/mol. The van der Waals surface area contributed by atoms with E-state index in [0.717, 1.165) is 48.6 Å². The van der Waals surface area contributed by atoms with Gasteiger partial charge in [-0.3, -0.25) is 20.0 Å². The molecule has 8 heteroatoms. The highest BCUT2D eigenvalue weighted by atomic mass is 19.2. The SMILES string of the molecule is Cc1cccc(NC(=NCCN2CCOCC2)NC(=O)c2ccc(F)c(F)c2)c1C. The first-order valence-corrected chi connectivity index (χ1v) is 9.88. The fourth-order valence-corrected chi connectivity index (χ4v) is 3.07. The van der Waals surface area contributed by atoms with E-state index >= 15 is 0 Å². The van der Waals surface area contributed by atoms with Gasteiger partial charge < -0.3 is 10.1 Å². The molecule has 2 aromatic carbocycles. The number of nitrogens with one attached hydrogen (secondary N) is 2. The molecule has 1 aliphatic heterocycles. The first kappa shape index (κ1) is 21.9. The molecule has 30 heavy (non-hydrogen) atoms. The second-order valence-electron chi connectivity index (χ2n) is 7.14. The van der Waals surface area contributed by atoms with E-state index in [1.54, 1.807) is 0 Å². The van der Waals surface area contributed by atoms with Crippen molar-refractivity contribution < 1.29 is 18.3 Å². The molecule has 6 nitrogen and oxygen atoms in total. The summed E-state index contributed by atoms with van der Waals surface area (Å²) in [5, 5.41) is 5.84. The molecule has 0 radical (unpaired) electrons. The van der Waals surface area contributed by atoms with E-state index in [4.69, 9.17) is 4.74 Å². The lowest BCUT2D eigenvalue weighted by Gasteiger charge is -2.25. The Morgan fingerprint density at radius 1 is 1.13 bits per heavy atom. The summed E-state index contributed by atoms with van der Waals surface area (Å²) >= 11 is 0. The minimum absolute atomic E-state index is 0.0116. The number of guanidine groups is 1. The summed E-state index contributed by atoms with van der Waals surface area (Å²) < 4.78 is 32.0. The molecule has 0 spiro atoms. The quantitative estimate of drug-likeness (QED) is 0.581. The molecule has 0 aliphatic carbocycles. The number of hydrogen-bond acceptors (Lipinski definition) is 4. The van der Waals surface area contributed by atoms with Crippen LogP contribution in [0.25, 0.3) is 0 Å². The van der Waals surface area contributed by atoms with E-state index in [0.29, 0.717) is 19.8 Å². The van der Waals surface area contributed by atoms with Crippen LogP contribution in [0.1, 0.15) is 21.5 Å². The van der Waals surface area contributed by atoms with E-state index in [9.17, 15) is 13.6 Å². The lowest BCUT2D eigenvalue weighted by atomic mass is 10.1. The van der Waals surface area contributed by atoms with Crippen molar-refractivity contribution in [2.24, 2.45) is 4.99 Å². The maximum Gasteiger partial charge on any atom is 0.258 e. The van der Waals surface area contributed by atoms with Crippen molar-refractivity contribution in [3.05, 3.63) is 64.7 Å². The minimum atomic E-state index is -1.07. The van der Waals surface area contributed by atoms with E-state index in [-0.39, 0.29) is 11.5 Å². The molecule has 3 rings (SSSR count). The Balaban J connectivity index is 1.74. The van der Waals surface area contributed by atoms with Crippen molar-refractivity contribution >= 4 is 17.6 Å². The zero-order valence-corrected chi connectivity index (χ0v) is 17.2. The lowest BCUT2D eigenvalue weighted by Crippen LogP contribution is -2.39. The maximum atomic E-state index is 13.5. The van der Waals surface area contributed by atoms with Crippen LogP contribution in [0.3, 0.4) is 0 Å². The highest BCUT2D eigenvalue weighted by Gasteiger charge is 2.14. The van der Waals surface area contributed by atoms with Crippen molar-refractivity contribution in [1.82, 2.24) is 10.2 Å². The standard InChI is InChI=1S/C22H26F2N4O2/c1-15-4-3-5-20(16(15)2)26-22(25-8-9-28-10-12-30-13-11-28)27-21(29)17-6-7-18(23)19(24)14-17/h3-7,14H,8-13H2,1-2H3,(H2,25,26,27,29). The number of rotatable bonds is 5. The molecule has 0 atom stereocenters. The average molecular weight is 416 g/mol. The number of morpholine rings is 1. The summed E-state index contributed by atoms with van der Waals surface area (Å²) in [7, 11) is 0. The van der Waals surface area contributed by atoms with Gasteiger partial charge in [-0.2, -0.15) is 0 Å². The highest BCUT2D eigenvalue weighted by molar-refractivity contribution is 6.10. The first-order valence-electron chi connectivity index (χ1n) is 9.88. The molecule has 1 saturated heterocycles. The maximum absolute atomic E-state index is 13.5. The Bertz CT molecular complexity index is 927. The van der Waals surface area contributed by atoms with Crippen LogP contribution in [0, 0.1) is 25.5 Å². The van der Waals surface area contributed by atoms with Crippen LogP contribution >= 0.6 is 0 Å². The zero-order valence-electron chi connectivity index (χ0n) is 17.2. The number of aryl methyl sites for hydroxylation is 1. The van der Waals surface area contributed by atoms with Crippen molar-refractivity contribution in [3.8, 4) is 0 Å². The smallest absolute Gasteiger partial charge is 0.258 e. The Labute approximate surface area is 174 Å². The molecule has 0 unspecified atom stereocenters. The molecular weight excluding hydrogens is 390 g/mol. The molecule has 1 aliphatic rings. The largest absolute Gasteiger partial charge is 0.379 e. The van der Waals surface area contributed by atoms with E-state index in [1.165, 1.54) is 6.07 Å². The fourth-order valence-electron chi connectivity index (χ4n) is 3.07. The first-order chi connectivity index (χ1) is 14.4. The van der Waals surface area contributed by atoms with Gasteiger partial charge in [-0.25, -0.2) is 8.78 Å². The molecule has 0 aromatic heterocycles. The molecule has 2 aromatic rings. The number of nitrogens with zero attached hydrogens (tertiary/aromatic N) is 2. The van der Waals surface area contributed by atoms with Crippen LogP contribution < -0.4 is 10.6 Å². The molecule has 160 valence electrons. The van der Waals surface area contributed by atoms with Gasteiger partial charge in [-0.1, -0.05) is 12.1 Å². The molecule has 2 N–H and O–H groups in total. The second-order valence-corrected chi connectivity index (χ2v) is 7.14. The van der Waals surface area contributed by atoms with Crippen LogP contribution in [0.2, 0.25) is 0 Å². The van der Waals surface area contributed by atoms with Crippen molar-refractivity contribution in [2.45, 2.75) is 13.8 Å². The average Bonchev–Trinajstić information content (AvgIpc) is 2.74. The number of halogens is 2. The summed E-state index contributed by atoms with van der Waals surface area (Å²) in [6.45, 7) is 8.24. The number of carbonyl (C=O) groups is 1. The Morgan fingerprint density at radius 3 is 2.63 bits per heavy atom. The summed E-state index contributed by atoms with van der Waals surface area (Å²) in [6, 6.07) is 8.83. The van der Waals surface area contributed by atoms with Crippen LogP contribution in [0.15, 0.2) is 41.4 Å². The van der Waals surface area contributed by atoms with Gasteiger partial charge in [0.25, 0.3) is 5.91 Å². The summed E-state index contributed by atoms with van der Waals surface area (Å²) in [5.74, 6) is -2.39. The Morgan fingerprint density at radius 2 is 1.90 bits per heavy atom. The number of hydrogen-bond donors (Lipinski definition) is 2. The number of anilines is 1. The van der Waals surface area contributed by atoms with Gasteiger partial charge in [-0.05, 0) is 49.2 Å². The van der Waals surface area contributed by atoms with Crippen LogP contribution in [0.4, 0.5) is 14.5 Å². The highest BCUT2D eigenvalue weighted by Crippen LogP contribution is 2.18. The molecule has 1 heterocycles. The molecule has 1 amide bonds. The summed E-state index contributed by atoms with van der Waals surface area (Å²) in [4.78, 5) is 19.3. The topological polar surface area (TPSA) is 66.0 Å². The van der Waals surface area contributed by atoms with Gasteiger partial charge in [0, 0.05) is 30.9 Å². The Kier molecular flexibility index (Phi) is 7.48. The van der Waals surface area contributed by atoms with Crippen LogP contribution in [-0.4, -0.2) is 56.2 Å². The predicted octanol–water partition coefficient (Wildman–Crippen LogP) is 3.11.